The Labute approximate surface area is 184 Å². The largest absolute Gasteiger partial charge is 0.495 e. The molecule has 1 aliphatic rings. The van der Waals surface area contributed by atoms with Crippen LogP contribution in [0.5, 0.6) is 5.75 Å². The van der Waals surface area contributed by atoms with Gasteiger partial charge in [-0.3, -0.25) is 4.79 Å². The van der Waals surface area contributed by atoms with Crippen LogP contribution in [0.25, 0.3) is 10.2 Å². The molecule has 3 unspecified atom stereocenters. The summed E-state index contributed by atoms with van der Waals surface area (Å²) < 4.78 is 5.20. The van der Waals surface area contributed by atoms with Gasteiger partial charge in [0, 0.05) is 24.2 Å². The Bertz CT molecular complexity index is 1070. The molecule has 0 radical (unpaired) electrons. The fourth-order valence-electron chi connectivity index (χ4n) is 4.38. The summed E-state index contributed by atoms with van der Waals surface area (Å²) in [7, 11) is 1.59. The van der Waals surface area contributed by atoms with E-state index in [4.69, 9.17) is 16.3 Å². The van der Waals surface area contributed by atoms with Gasteiger partial charge >= 0.3 is 5.97 Å². The first kappa shape index (κ1) is 21.0. The van der Waals surface area contributed by atoms with Gasteiger partial charge in [0.1, 0.15) is 21.8 Å². The highest BCUT2D eigenvalue weighted by molar-refractivity contribution is 7.16. The molecule has 2 N–H and O–H groups in total. The summed E-state index contributed by atoms with van der Waals surface area (Å²) in [5, 5.41) is 17.2. The molecule has 2 aromatic heterocycles. The number of carbonyl (C=O) groups is 1. The van der Waals surface area contributed by atoms with E-state index in [-0.39, 0.29) is 12.0 Å². The van der Waals surface area contributed by atoms with Crippen LogP contribution in [-0.4, -0.2) is 34.2 Å². The molecule has 1 aromatic carbocycles. The van der Waals surface area contributed by atoms with Crippen LogP contribution in [0, 0.1) is 5.92 Å². The van der Waals surface area contributed by atoms with Gasteiger partial charge in [-0.05, 0) is 54.3 Å². The number of halogens is 1. The van der Waals surface area contributed by atoms with E-state index < -0.39 is 11.4 Å². The normalized spacial score (nSPS) is 24.1. The van der Waals surface area contributed by atoms with Crippen LogP contribution in [0.3, 0.4) is 0 Å². The SMILES string of the molecule is COc1ccc(CNC2CCC(C(=O)O)(c3ncc4ccsc4n3)C(C)C2)cc1Cl. The summed E-state index contributed by atoms with van der Waals surface area (Å²) in [5.41, 5.74) is 0.00905. The molecule has 1 fully saturated rings. The van der Waals surface area contributed by atoms with Crippen molar-refractivity contribution < 1.29 is 14.6 Å². The van der Waals surface area contributed by atoms with Gasteiger partial charge in [-0.25, -0.2) is 9.97 Å². The van der Waals surface area contributed by atoms with Gasteiger partial charge in [0.2, 0.25) is 0 Å². The smallest absolute Gasteiger partial charge is 0.317 e. The number of aliphatic carboxylic acids is 1. The van der Waals surface area contributed by atoms with Crippen LogP contribution >= 0.6 is 22.9 Å². The Morgan fingerprint density at radius 1 is 1.43 bits per heavy atom. The van der Waals surface area contributed by atoms with Gasteiger partial charge in [-0.2, -0.15) is 0 Å². The third-order valence-corrected chi connectivity index (χ3v) is 7.28. The van der Waals surface area contributed by atoms with Gasteiger partial charge < -0.3 is 15.2 Å². The minimum Gasteiger partial charge on any atom is -0.495 e. The van der Waals surface area contributed by atoms with Crippen LogP contribution in [0.15, 0.2) is 35.8 Å². The molecule has 8 heteroatoms. The standard InChI is InChI=1S/C22H24ClN3O3S/c1-13-9-16(24-11-14-3-4-18(29-2)17(23)10-14)5-7-22(13,21(27)28)20-25-12-15-6-8-30-19(15)26-20/h3-4,6,8,10,12-13,16,24H,5,7,9,11H2,1-2H3,(H,27,28). The monoisotopic (exact) mass is 445 g/mol. The van der Waals surface area contributed by atoms with E-state index in [1.54, 1.807) is 13.3 Å². The molecule has 6 nitrogen and oxygen atoms in total. The highest BCUT2D eigenvalue weighted by Crippen LogP contribution is 2.43. The maximum absolute atomic E-state index is 12.4. The van der Waals surface area contributed by atoms with Crippen molar-refractivity contribution in [1.29, 1.82) is 0 Å². The van der Waals surface area contributed by atoms with Crippen LogP contribution < -0.4 is 10.1 Å². The van der Waals surface area contributed by atoms with Crippen molar-refractivity contribution in [2.75, 3.05) is 7.11 Å². The van der Waals surface area contributed by atoms with E-state index >= 15 is 0 Å². The molecule has 0 aliphatic heterocycles. The molecule has 1 saturated carbocycles. The molecule has 158 valence electrons. The van der Waals surface area contributed by atoms with Gasteiger partial charge in [-0.15, -0.1) is 11.3 Å². The third-order valence-electron chi connectivity index (χ3n) is 6.17. The Morgan fingerprint density at radius 2 is 2.27 bits per heavy atom. The number of nitrogens with zero attached hydrogens (tertiary/aromatic N) is 2. The number of benzene rings is 1. The average molecular weight is 446 g/mol. The molecule has 0 amide bonds. The zero-order valence-electron chi connectivity index (χ0n) is 16.9. The van der Waals surface area contributed by atoms with Crippen molar-refractivity contribution in [3.05, 3.63) is 52.3 Å². The number of carboxylic acid groups (broad SMARTS) is 1. The highest BCUT2D eigenvalue weighted by Gasteiger charge is 2.51. The number of nitrogens with one attached hydrogen (secondary N) is 1. The van der Waals surface area contributed by atoms with Crippen LogP contribution in [0.2, 0.25) is 5.02 Å². The fraction of sp³-hybridized carbons (Fsp3) is 0.409. The molecule has 0 bridgehead atoms. The Morgan fingerprint density at radius 3 is 2.97 bits per heavy atom. The minimum atomic E-state index is -1.06. The second kappa shape index (κ2) is 8.49. The molecule has 0 spiro atoms. The topological polar surface area (TPSA) is 84.3 Å². The zero-order valence-corrected chi connectivity index (χ0v) is 18.5. The molecule has 0 saturated heterocycles. The number of rotatable bonds is 6. The number of methoxy groups -OCH3 is 1. The summed E-state index contributed by atoms with van der Waals surface area (Å²) in [5.74, 6) is 0.142. The maximum Gasteiger partial charge on any atom is 0.317 e. The quantitative estimate of drug-likeness (QED) is 0.574. The van der Waals surface area contributed by atoms with Crippen molar-refractivity contribution in [3.63, 3.8) is 0 Å². The van der Waals surface area contributed by atoms with Crippen LogP contribution in [-0.2, 0) is 16.8 Å². The van der Waals surface area contributed by atoms with E-state index in [0.717, 1.165) is 28.6 Å². The maximum atomic E-state index is 12.4. The summed E-state index contributed by atoms with van der Waals surface area (Å²) in [6.07, 6.45) is 3.72. The number of fused-ring (bicyclic) bond motifs is 1. The third kappa shape index (κ3) is 3.77. The van der Waals surface area contributed by atoms with Gasteiger partial charge in [0.25, 0.3) is 0 Å². The minimum absolute atomic E-state index is 0.0990. The van der Waals surface area contributed by atoms with E-state index in [0.29, 0.717) is 29.6 Å². The molecule has 3 atom stereocenters. The Balaban J connectivity index is 1.48. The lowest BCUT2D eigenvalue weighted by atomic mass is 9.65. The van der Waals surface area contributed by atoms with Crippen molar-refractivity contribution >= 4 is 39.1 Å². The number of hydrogen-bond acceptors (Lipinski definition) is 6. The summed E-state index contributed by atoms with van der Waals surface area (Å²) >= 11 is 7.73. The molecular weight excluding hydrogens is 422 g/mol. The van der Waals surface area contributed by atoms with Crippen molar-refractivity contribution in [3.8, 4) is 5.75 Å². The predicted octanol–water partition coefficient (Wildman–Crippen LogP) is 4.65. The summed E-state index contributed by atoms with van der Waals surface area (Å²) in [6, 6.07) is 7.91. The van der Waals surface area contributed by atoms with E-state index in [1.165, 1.54) is 11.3 Å². The van der Waals surface area contributed by atoms with Crippen molar-refractivity contribution in [2.45, 2.75) is 44.2 Å². The first-order valence-electron chi connectivity index (χ1n) is 9.94. The first-order chi connectivity index (χ1) is 14.4. The van der Waals surface area contributed by atoms with Crippen molar-refractivity contribution in [1.82, 2.24) is 15.3 Å². The number of thiophene rings is 1. The van der Waals surface area contributed by atoms with Crippen molar-refractivity contribution in [2.24, 2.45) is 5.92 Å². The lowest BCUT2D eigenvalue weighted by Gasteiger charge is -2.41. The predicted molar refractivity (Wildman–Crippen MR) is 118 cm³/mol. The number of ether oxygens (including phenoxy) is 1. The average Bonchev–Trinajstić information content (AvgIpc) is 3.20. The van der Waals surface area contributed by atoms with E-state index in [9.17, 15) is 9.90 Å². The molecular formula is C22H24ClN3O3S. The first-order valence-corrected chi connectivity index (χ1v) is 11.2. The van der Waals surface area contributed by atoms with E-state index in [1.807, 2.05) is 36.6 Å². The lowest BCUT2D eigenvalue weighted by molar-refractivity contribution is -0.148. The van der Waals surface area contributed by atoms with Gasteiger partial charge in [0.05, 0.1) is 12.1 Å². The van der Waals surface area contributed by atoms with Crippen LogP contribution in [0.4, 0.5) is 0 Å². The molecule has 1 aliphatic carbocycles. The number of carboxylic acids is 1. The van der Waals surface area contributed by atoms with E-state index in [2.05, 4.69) is 15.3 Å². The Hall–Kier alpha value is -2.22. The molecule has 3 aromatic rings. The van der Waals surface area contributed by atoms with Gasteiger partial charge in [-0.1, -0.05) is 24.6 Å². The second-order valence-corrected chi connectivity index (χ2v) is 9.18. The zero-order chi connectivity index (χ0) is 21.3. The summed E-state index contributed by atoms with van der Waals surface area (Å²) in [4.78, 5) is 22.3. The highest BCUT2D eigenvalue weighted by atomic mass is 35.5. The molecule has 4 rings (SSSR count). The van der Waals surface area contributed by atoms with Gasteiger partial charge in [0.15, 0.2) is 0 Å². The summed E-state index contributed by atoms with van der Waals surface area (Å²) in [6.45, 7) is 2.66. The number of hydrogen-bond donors (Lipinski definition) is 2. The van der Waals surface area contributed by atoms with Crippen LogP contribution in [0.1, 0.15) is 37.6 Å². The number of aromatic nitrogens is 2. The molecule has 2 heterocycles. The lowest BCUT2D eigenvalue weighted by Crippen LogP contribution is -2.50. The molecule has 30 heavy (non-hydrogen) atoms. The second-order valence-electron chi connectivity index (χ2n) is 7.87. The fourth-order valence-corrected chi connectivity index (χ4v) is 5.40. The Kier molecular flexibility index (Phi) is 5.95.